The molecule has 0 atom stereocenters. The van der Waals surface area contributed by atoms with E-state index in [1.165, 1.54) is 16.9 Å². The lowest BCUT2D eigenvalue weighted by Gasteiger charge is -2.21. The summed E-state index contributed by atoms with van der Waals surface area (Å²) in [5.74, 6) is 0. The van der Waals surface area contributed by atoms with Gasteiger partial charge in [0.15, 0.2) is 0 Å². The van der Waals surface area contributed by atoms with E-state index in [1.54, 1.807) is 0 Å². The maximum Gasteiger partial charge on any atom is 0.0400 e. The SMILES string of the molecule is CCN(CC)c1cccc(NCc2ccccc2)c1. The van der Waals surface area contributed by atoms with Gasteiger partial charge < -0.3 is 10.2 Å². The number of rotatable bonds is 6. The van der Waals surface area contributed by atoms with Crippen LogP contribution in [0.25, 0.3) is 0 Å². The molecule has 0 heterocycles. The van der Waals surface area contributed by atoms with Crippen LogP contribution in [0.4, 0.5) is 11.4 Å². The van der Waals surface area contributed by atoms with Crippen LogP contribution in [-0.4, -0.2) is 13.1 Å². The Hall–Kier alpha value is -1.96. The van der Waals surface area contributed by atoms with Gasteiger partial charge in [0, 0.05) is 31.0 Å². The molecule has 2 heteroatoms. The third kappa shape index (κ3) is 3.75. The lowest BCUT2D eigenvalue weighted by atomic mass is 10.2. The Morgan fingerprint density at radius 2 is 1.63 bits per heavy atom. The van der Waals surface area contributed by atoms with Crippen molar-refractivity contribution in [1.29, 1.82) is 0 Å². The van der Waals surface area contributed by atoms with Gasteiger partial charge in [-0.1, -0.05) is 36.4 Å². The molecule has 0 aliphatic carbocycles. The van der Waals surface area contributed by atoms with Gasteiger partial charge in [-0.05, 0) is 37.6 Å². The van der Waals surface area contributed by atoms with Crippen molar-refractivity contribution in [2.75, 3.05) is 23.3 Å². The maximum absolute atomic E-state index is 3.48. The van der Waals surface area contributed by atoms with Gasteiger partial charge in [0.1, 0.15) is 0 Å². The Labute approximate surface area is 116 Å². The van der Waals surface area contributed by atoms with E-state index in [4.69, 9.17) is 0 Å². The first-order chi connectivity index (χ1) is 9.33. The summed E-state index contributed by atoms with van der Waals surface area (Å²) in [6.07, 6.45) is 0. The van der Waals surface area contributed by atoms with Crippen LogP contribution in [0.15, 0.2) is 54.6 Å². The molecule has 0 aliphatic rings. The van der Waals surface area contributed by atoms with Crippen molar-refractivity contribution < 1.29 is 0 Å². The molecular formula is C17H22N2. The van der Waals surface area contributed by atoms with E-state index in [2.05, 4.69) is 72.6 Å². The Morgan fingerprint density at radius 1 is 0.895 bits per heavy atom. The first-order valence-corrected chi connectivity index (χ1v) is 6.96. The maximum atomic E-state index is 3.48. The fourth-order valence-corrected chi connectivity index (χ4v) is 2.20. The van der Waals surface area contributed by atoms with E-state index in [0.717, 1.165) is 19.6 Å². The Bertz CT molecular complexity index is 490. The van der Waals surface area contributed by atoms with E-state index in [-0.39, 0.29) is 0 Å². The summed E-state index contributed by atoms with van der Waals surface area (Å²) in [7, 11) is 0. The zero-order chi connectivity index (χ0) is 13.5. The number of hydrogen-bond donors (Lipinski definition) is 1. The molecule has 2 aromatic carbocycles. The van der Waals surface area contributed by atoms with Gasteiger partial charge >= 0.3 is 0 Å². The first kappa shape index (κ1) is 13.5. The average molecular weight is 254 g/mol. The molecule has 0 radical (unpaired) electrons. The van der Waals surface area contributed by atoms with Crippen molar-refractivity contribution in [3.63, 3.8) is 0 Å². The van der Waals surface area contributed by atoms with E-state index in [1.807, 2.05) is 6.07 Å². The predicted octanol–water partition coefficient (Wildman–Crippen LogP) is 4.14. The standard InChI is InChI=1S/C17H22N2/c1-3-19(4-2)17-12-8-11-16(13-17)18-14-15-9-6-5-7-10-15/h5-13,18H,3-4,14H2,1-2H3. The molecule has 0 spiro atoms. The van der Waals surface area contributed by atoms with E-state index < -0.39 is 0 Å². The number of nitrogens with one attached hydrogen (secondary N) is 1. The highest BCUT2D eigenvalue weighted by atomic mass is 15.1. The average Bonchev–Trinajstić information content (AvgIpc) is 2.48. The number of hydrogen-bond acceptors (Lipinski definition) is 2. The van der Waals surface area contributed by atoms with Crippen LogP contribution in [0.2, 0.25) is 0 Å². The largest absolute Gasteiger partial charge is 0.381 e. The minimum Gasteiger partial charge on any atom is -0.381 e. The zero-order valence-electron chi connectivity index (χ0n) is 11.8. The van der Waals surface area contributed by atoms with Crippen LogP contribution in [0, 0.1) is 0 Å². The third-order valence-electron chi connectivity index (χ3n) is 3.31. The quantitative estimate of drug-likeness (QED) is 0.833. The minimum atomic E-state index is 0.864. The summed E-state index contributed by atoms with van der Waals surface area (Å²) < 4.78 is 0. The Balaban J connectivity index is 2.03. The number of anilines is 2. The zero-order valence-corrected chi connectivity index (χ0v) is 11.8. The van der Waals surface area contributed by atoms with Gasteiger partial charge in [-0.25, -0.2) is 0 Å². The van der Waals surface area contributed by atoms with Crippen LogP contribution in [0.1, 0.15) is 19.4 Å². The molecule has 2 aromatic rings. The van der Waals surface area contributed by atoms with E-state index in [0.29, 0.717) is 0 Å². The molecule has 19 heavy (non-hydrogen) atoms. The molecule has 0 saturated carbocycles. The summed E-state index contributed by atoms with van der Waals surface area (Å²) in [6, 6.07) is 19.1. The van der Waals surface area contributed by atoms with Crippen molar-refractivity contribution in [1.82, 2.24) is 0 Å². The van der Waals surface area contributed by atoms with Crippen LogP contribution in [0.5, 0.6) is 0 Å². The molecule has 0 amide bonds. The predicted molar refractivity (Wildman–Crippen MR) is 83.8 cm³/mol. The minimum absolute atomic E-state index is 0.864. The normalized spacial score (nSPS) is 10.2. The second-order valence-corrected chi connectivity index (χ2v) is 4.56. The highest BCUT2D eigenvalue weighted by molar-refractivity contribution is 5.58. The van der Waals surface area contributed by atoms with Gasteiger partial charge in [0.25, 0.3) is 0 Å². The van der Waals surface area contributed by atoms with Gasteiger partial charge in [-0.2, -0.15) is 0 Å². The molecule has 2 nitrogen and oxygen atoms in total. The molecule has 2 rings (SSSR count). The monoisotopic (exact) mass is 254 g/mol. The molecule has 0 aromatic heterocycles. The first-order valence-electron chi connectivity index (χ1n) is 6.96. The lowest BCUT2D eigenvalue weighted by molar-refractivity contribution is 0.866. The smallest absolute Gasteiger partial charge is 0.0400 e. The summed E-state index contributed by atoms with van der Waals surface area (Å²) in [4.78, 5) is 2.35. The topological polar surface area (TPSA) is 15.3 Å². The molecule has 0 unspecified atom stereocenters. The van der Waals surface area contributed by atoms with Crippen molar-refractivity contribution in [3.05, 3.63) is 60.2 Å². The fourth-order valence-electron chi connectivity index (χ4n) is 2.20. The second-order valence-electron chi connectivity index (χ2n) is 4.56. The van der Waals surface area contributed by atoms with Crippen LogP contribution in [-0.2, 0) is 6.54 Å². The lowest BCUT2D eigenvalue weighted by Crippen LogP contribution is -2.21. The molecule has 0 saturated heterocycles. The molecule has 1 N–H and O–H groups in total. The van der Waals surface area contributed by atoms with Crippen molar-refractivity contribution >= 4 is 11.4 Å². The van der Waals surface area contributed by atoms with Crippen LogP contribution in [0.3, 0.4) is 0 Å². The van der Waals surface area contributed by atoms with Gasteiger partial charge in [0.2, 0.25) is 0 Å². The summed E-state index contributed by atoms with van der Waals surface area (Å²) >= 11 is 0. The summed E-state index contributed by atoms with van der Waals surface area (Å²) in [5, 5.41) is 3.48. The van der Waals surface area contributed by atoms with Gasteiger partial charge in [-0.15, -0.1) is 0 Å². The second kappa shape index (κ2) is 6.83. The molecule has 100 valence electrons. The summed E-state index contributed by atoms with van der Waals surface area (Å²) in [5.41, 5.74) is 3.76. The van der Waals surface area contributed by atoms with E-state index in [9.17, 15) is 0 Å². The highest BCUT2D eigenvalue weighted by Crippen LogP contribution is 2.19. The fraction of sp³-hybridized carbons (Fsp3) is 0.294. The molecular weight excluding hydrogens is 232 g/mol. The van der Waals surface area contributed by atoms with E-state index >= 15 is 0 Å². The van der Waals surface area contributed by atoms with Crippen molar-refractivity contribution in [2.45, 2.75) is 20.4 Å². The van der Waals surface area contributed by atoms with Crippen molar-refractivity contribution in [2.24, 2.45) is 0 Å². The van der Waals surface area contributed by atoms with Crippen molar-refractivity contribution in [3.8, 4) is 0 Å². The number of nitrogens with zero attached hydrogens (tertiary/aromatic N) is 1. The third-order valence-corrected chi connectivity index (χ3v) is 3.31. The number of benzene rings is 2. The van der Waals surface area contributed by atoms with Gasteiger partial charge in [-0.3, -0.25) is 0 Å². The Morgan fingerprint density at radius 3 is 2.32 bits per heavy atom. The highest BCUT2D eigenvalue weighted by Gasteiger charge is 2.02. The Kier molecular flexibility index (Phi) is 4.85. The van der Waals surface area contributed by atoms with Gasteiger partial charge in [0.05, 0.1) is 0 Å². The molecule has 0 fully saturated rings. The van der Waals surface area contributed by atoms with Crippen LogP contribution < -0.4 is 10.2 Å². The molecule has 0 aliphatic heterocycles. The van der Waals surface area contributed by atoms with Crippen LogP contribution >= 0.6 is 0 Å². The molecule has 0 bridgehead atoms. The summed E-state index contributed by atoms with van der Waals surface area (Å²) in [6.45, 7) is 7.32.